The Bertz CT molecular complexity index is 778. The third-order valence-electron chi connectivity index (χ3n) is 5.81. The van der Waals surface area contributed by atoms with E-state index in [2.05, 4.69) is 15.2 Å². The molecular formula is C17H23FN4O. The fourth-order valence-electron chi connectivity index (χ4n) is 4.24. The Kier molecular flexibility index (Phi) is 3.44. The molecule has 1 spiro atoms. The number of anilines is 1. The number of imidazole rings is 1. The van der Waals surface area contributed by atoms with Crippen LogP contribution >= 0.6 is 0 Å². The summed E-state index contributed by atoms with van der Waals surface area (Å²) in [6.45, 7) is 4.18. The molecule has 0 bridgehead atoms. The minimum absolute atomic E-state index is 0.266. The topological polar surface area (TPSA) is 53.1 Å². The third-order valence-corrected chi connectivity index (χ3v) is 5.81. The Labute approximate surface area is 134 Å². The average Bonchev–Trinajstić information content (AvgIpc) is 2.87. The molecule has 0 atom stereocenters. The summed E-state index contributed by atoms with van der Waals surface area (Å²) in [6.07, 6.45) is 4.85. The van der Waals surface area contributed by atoms with Gasteiger partial charge in [-0.2, -0.15) is 0 Å². The molecule has 6 heteroatoms. The molecular weight excluding hydrogens is 295 g/mol. The maximum Gasteiger partial charge on any atom is 0.326 e. The Balaban J connectivity index is 1.66. The van der Waals surface area contributed by atoms with Gasteiger partial charge in [0.25, 0.3) is 0 Å². The zero-order valence-corrected chi connectivity index (χ0v) is 13.5. The molecule has 1 aromatic carbocycles. The predicted molar refractivity (Wildman–Crippen MR) is 89.5 cm³/mol. The largest absolute Gasteiger partial charge is 0.370 e. The zero-order chi connectivity index (χ0) is 16.0. The first-order valence-corrected chi connectivity index (χ1v) is 8.43. The van der Waals surface area contributed by atoms with E-state index in [0.717, 1.165) is 31.9 Å². The Morgan fingerprint density at radius 2 is 1.83 bits per heavy atom. The molecule has 0 radical (unpaired) electrons. The lowest BCUT2D eigenvalue weighted by molar-refractivity contribution is 0.155. The molecule has 2 aliphatic heterocycles. The average molecular weight is 318 g/mol. The Morgan fingerprint density at radius 3 is 2.52 bits per heavy atom. The highest BCUT2D eigenvalue weighted by atomic mass is 19.1. The normalized spacial score (nSPS) is 21.2. The van der Waals surface area contributed by atoms with Gasteiger partial charge in [0.05, 0.1) is 11.2 Å². The number of hydrogen-bond donors (Lipinski definition) is 2. The van der Waals surface area contributed by atoms with E-state index in [1.165, 1.54) is 36.3 Å². The molecule has 0 saturated carbocycles. The molecule has 0 unspecified atom stereocenters. The van der Waals surface area contributed by atoms with Crippen molar-refractivity contribution >= 4 is 16.7 Å². The van der Waals surface area contributed by atoms with Crippen molar-refractivity contribution in [3.05, 3.63) is 28.4 Å². The second kappa shape index (κ2) is 5.37. The van der Waals surface area contributed by atoms with Gasteiger partial charge < -0.3 is 15.2 Å². The minimum atomic E-state index is -0.367. The summed E-state index contributed by atoms with van der Waals surface area (Å²) < 4.78 is 15.5. The standard InChI is InChI=1S/C17H23FN4O/c1-21-15-13(3-2-12(18)14(15)20-16(21)23)22-10-6-17(7-11-22)4-8-19-9-5-17/h2-3,19H,4-11H2,1H3,(H,20,23). The summed E-state index contributed by atoms with van der Waals surface area (Å²) in [5.41, 5.74) is 2.17. The first-order valence-electron chi connectivity index (χ1n) is 8.43. The van der Waals surface area contributed by atoms with Gasteiger partial charge in [-0.25, -0.2) is 9.18 Å². The first kappa shape index (κ1) is 14.8. The monoisotopic (exact) mass is 318 g/mol. The van der Waals surface area contributed by atoms with Gasteiger partial charge in [0.1, 0.15) is 11.3 Å². The highest BCUT2D eigenvalue weighted by Crippen LogP contribution is 2.41. The number of piperidine rings is 2. The number of aromatic amines is 1. The molecule has 1 aromatic heterocycles. The van der Waals surface area contributed by atoms with Crippen LogP contribution in [0, 0.1) is 11.2 Å². The summed E-state index contributed by atoms with van der Waals surface area (Å²) in [7, 11) is 1.70. The lowest BCUT2D eigenvalue weighted by atomic mass is 9.71. The van der Waals surface area contributed by atoms with E-state index in [-0.39, 0.29) is 11.5 Å². The SMILES string of the molecule is Cn1c(=O)[nH]c2c(F)ccc(N3CCC4(CCNCC4)CC3)c21. The molecule has 2 saturated heterocycles. The molecule has 124 valence electrons. The van der Waals surface area contributed by atoms with Gasteiger partial charge in [-0.3, -0.25) is 4.57 Å². The third kappa shape index (κ3) is 2.36. The smallest absolute Gasteiger partial charge is 0.326 e. The molecule has 3 heterocycles. The fraction of sp³-hybridized carbons (Fsp3) is 0.588. The Hall–Kier alpha value is -1.82. The van der Waals surface area contributed by atoms with Gasteiger partial charge in [0.2, 0.25) is 0 Å². The maximum absolute atomic E-state index is 14.0. The summed E-state index contributed by atoms with van der Waals surface area (Å²) in [4.78, 5) is 16.8. The molecule has 2 fully saturated rings. The number of benzene rings is 1. The van der Waals surface area contributed by atoms with Crippen molar-refractivity contribution in [1.82, 2.24) is 14.9 Å². The van der Waals surface area contributed by atoms with Crippen LogP contribution in [-0.2, 0) is 7.05 Å². The first-order chi connectivity index (χ1) is 11.1. The number of rotatable bonds is 1. The highest BCUT2D eigenvalue weighted by Gasteiger charge is 2.36. The molecule has 2 aliphatic rings. The molecule has 5 nitrogen and oxygen atoms in total. The van der Waals surface area contributed by atoms with Crippen LogP contribution in [0.1, 0.15) is 25.7 Å². The van der Waals surface area contributed by atoms with Crippen LogP contribution in [0.15, 0.2) is 16.9 Å². The number of halogens is 1. The predicted octanol–water partition coefficient (Wildman–Crippen LogP) is 1.98. The lowest BCUT2D eigenvalue weighted by Crippen LogP contribution is -2.45. The van der Waals surface area contributed by atoms with Crippen LogP contribution in [0.3, 0.4) is 0 Å². The van der Waals surface area contributed by atoms with Crippen LogP contribution in [0.2, 0.25) is 0 Å². The van der Waals surface area contributed by atoms with Crippen LogP contribution in [-0.4, -0.2) is 35.7 Å². The van der Waals surface area contributed by atoms with E-state index in [0.29, 0.717) is 16.4 Å². The summed E-state index contributed by atoms with van der Waals surface area (Å²) >= 11 is 0. The number of aromatic nitrogens is 2. The maximum atomic E-state index is 14.0. The zero-order valence-electron chi connectivity index (χ0n) is 13.5. The van der Waals surface area contributed by atoms with Gasteiger partial charge in [-0.15, -0.1) is 0 Å². The van der Waals surface area contributed by atoms with Crippen LogP contribution in [0.5, 0.6) is 0 Å². The van der Waals surface area contributed by atoms with E-state index in [9.17, 15) is 9.18 Å². The fourth-order valence-corrected chi connectivity index (χ4v) is 4.24. The minimum Gasteiger partial charge on any atom is -0.370 e. The van der Waals surface area contributed by atoms with Gasteiger partial charge in [-0.05, 0) is 56.3 Å². The highest BCUT2D eigenvalue weighted by molar-refractivity contribution is 5.89. The van der Waals surface area contributed by atoms with Gasteiger partial charge in [-0.1, -0.05) is 0 Å². The van der Waals surface area contributed by atoms with E-state index >= 15 is 0 Å². The van der Waals surface area contributed by atoms with Crippen molar-refractivity contribution < 1.29 is 4.39 Å². The number of nitrogens with zero attached hydrogens (tertiary/aromatic N) is 2. The molecule has 4 rings (SSSR count). The molecule has 2 aromatic rings. The second-order valence-corrected chi connectivity index (χ2v) is 7.02. The van der Waals surface area contributed by atoms with Crippen LogP contribution in [0.25, 0.3) is 11.0 Å². The number of hydrogen-bond acceptors (Lipinski definition) is 3. The molecule has 0 aliphatic carbocycles. The van der Waals surface area contributed by atoms with Gasteiger partial charge in [0, 0.05) is 20.1 Å². The van der Waals surface area contributed by atoms with Crippen molar-refractivity contribution in [2.45, 2.75) is 25.7 Å². The number of fused-ring (bicyclic) bond motifs is 1. The number of aryl methyl sites for hydroxylation is 1. The van der Waals surface area contributed by atoms with E-state index in [1.807, 2.05) is 6.07 Å². The van der Waals surface area contributed by atoms with Crippen molar-refractivity contribution in [2.24, 2.45) is 12.5 Å². The quantitative estimate of drug-likeness (QED) is 0.845. The number of H-pyrrole nitrogens is 1. The van der Waals surface area contributed by atoms with Crippen molar-refractivity contribution in [1.29, 1.82) is 0 Å². The van der Waals surface area contributed by atoms with Gasteiger partial charge >= 0.3 is 5.69 Å². The van der Waals surface area contributed by atoms with Crippen molar-refractivity contribution in [2.75, 3.05) is 31.1 Å². The number of nitrogens with one attached hydrogen (secondary N) is 2. The lowest BCUT2D eigenvalue weighted by Gasteiger charge is -2.45. The van der Waals surface area contributed by atoms with E-state index in [4.69, 9.17) is 0 Å². The van der Waals surface area contributed by atoms with E-state index in [1.54, 1.807) is 7.05 Å². The Morgan fingerprint density at radius 1 is 1.13 bits per heavy atom. The molecule has 23 heavy (non-hydrogen) atoms. The van der Waals surface area contributed by atoms with Crippen molar-refractivity contribution in [3.63, 3.8) is 0 Å². The molecule has 0 amide bonds. The van der Waals surface area contributed by atoms with Crippen LogP contribution in [0.4, 0.5) is 10.1 Å². The van der Waals surface area contributed by atoms with Crippen LogP contribution < -0.4 is 15.9 Å². The van der Waals surface area contributed by atoms with E-state index < -0.39 is 0 Å². The van der Waals surface area contributed by atoms with Gasteiger partial charge in [0.15, 0.2) is 0 Å². The molecule has 2 N–H and O–H groups in total. The summed E-state index contributed by atoms with van der Waals surface area (Å²) in [5, 5.41) is 3.44. The second-order valence-electron chi connectivity index (χ2n) is 7.02. The van der Waals surface area contributed by atoms with Crippen molar-refractivity contribution in [3.8, 4) is 0 Å². The summed E-state index contributed by atoms with van der Waals surface area (Å²) in [6, 6.07) is 3.27. The summed E-state index contributed by atoms with van der Waals surface area (Å²) in [5.74, 6) is -0.367.